The molecule has 1 aliphatic heterocycles. The minimum absolute atomic E-state index is 0.0363. The van der Waals surface area contributed by atoms with E-state index < -0.39 is 11.6 Å². The molecule has 1 fully saturated rings. The van der Waals surface area contributed by atoms with Gasteiger partial charge in [-0.2, -0.15) is 0 Å². The maximum absolute atomic E-state index is 15.1. The van der Waals surface area contributed by atoms with E-state index in [0.717, 1.165) is 19.3 Å². The zero-order valence-corrected chi connectivity index (χ0v) is 21.5. The summed E-state index contributed by atoms with van der Waals surface area (Å²) in [5, 5.41) is 4.17. The molecule has 1 amide bonds. The monoisotopic (exact) mass is 565 g/mol. The molecular weight excluding hydrogens is 541 g/mol. The number of aromatic amines is 1. The van der Waals surface area contributed by atoms with Crippen molar-refractivity contribution >= 4 is 44.5 Å². The number of alkyl halides is 1. The van der Waals surface area contributed by atoms with E-state index in [2.05, 4.69) is 36.2 Å². The zero-order valence-electron chi connectivity index (χ0n) is 19.9. The number of anilines is 1. The van der Waals surface area contributed by atoms with Crippen LogP contribution in [0.15, 0.2) is 61.1 Å². The maximum atomic E-state index is 15.1. The normalized spacial score (nSPS) is 15.8. The van der Waals surface area contributed by atoms with Crippen LogP contribution in [0.5, 0.6) is 11.5 Å². The highest BCUT2D eigenvalue weighted by Gasteiger charge is 2.25. The molecule has 190 valence electrons. The third-order valence-electron chi connectivity index (χ3n) is 6.36. The van der Waals surface area contributed by atoms with E-state index in [9.17, 15) is 9.59 Å². The van der Waals surface area contributed by atoms with E-state index in [0.29, 0.717) is 41.4 Å². The van der Waals surface area contributed by atoms with Crippen molar-refractivity contribution in [2.24, 2.45) is 0 Å². The molecule has 2 aromatic carbocycles. The Morgan fingerprint density at radius 2 is 1.95 bits per heavy atom. The molecule has 1 atom stereocenters. The number of carbonyl (C=O) groups excluding carboxylic acids is 2. The average Bonchev–Trinajstić information content (AvgIpc) is 3.22. The summed E-state index contributed by atoms with van der Waals surface area (Å²) in [5.41, 5.74) is 0.641. The minimum atomic E-state index is -0.688. The number of rotatable bonds is 7. The second-order valence-corrected chi connectivity index (χ2v) is 9.41. The van der Waals surface area contributed by atoms with Gasteiger partial charge in [0.25, 0.3) is 0 Å². The van der Waals surface area contributed by atoms with Crippen LogP contribution in [0.4, 0.5) is 10.2 Å². The number of fused-ring (bicyclic) bond motifs is 1. The molecule has 0 spiro atoms. The number of halogens is 2. The molecule has 1 unspecified atom stereocenters. The molecule has 1 aliphatic rings. The predicted octanol–water partition coefficient (Wildman–Crippen LogP) is 5.31. The lowest BCUT2D eigenvalue weighted by molar-refractivity contribution is -0.128. The molecule has 0 bridgehead atoms. The van der Waals surface area contributed by atoms with E-state index in [4.69, 9.17) is 4.74 Å². The van der Waals surface area contributed by atoms with Crippen LogP contribution in [0.2, 0.25) is 0 Å². The van der Waals surface area contributed by atoms with Crippen molar-refractivity contribution in [3.8, 4) is 11.5 Å². The van der Waals surface area contributed by atoms with Gasteiger partial charge < -0.3 is 19.9 Å². The number of ketones is 1. The molecule has 8 nitrogen and oxygen atoms in total. The van der Waals surface area contributed by atoms with Gasteiger partial charge in [-0.25, -0.2) is 14.4 Å². The lowest BCUT2D eigenvalue weighted by atomic mass is 10.0. The SMILES string of the molecule is O=C(c1ccc(Oc2ccccc2)cc1F)c1c[nH]c2ncnc(NC3CCCCN(C(=O)CBr)C3)c12. The fourth-order valence-electron chi connectivity index (χ4n) is 4.53. The number of carbonyl (C=O) groups is 2. The van der Waals surface area contributed by atoms with Crippen LogP contribution in [-0.2, 0) is 4.79 Å². The standard InChI is InChI=1S/C27H25BrFN5O3/c28-13-23(35)34-11-5-4-6-17(15-34)33-27-24-21(14-30-26(24)31-16-32-27)25(36)20-10-9-19(12-22(20)29)37-18-7-2-1-3-8-18/h1-3,7-10,12,14,16-17H,4-6,11,13,15H2,(H2,30,31,32,33). The summed E-state index contributed by atoms with van der Waals surface area (Å²) in [6.07, 6.45) is 5.66. The van der Waals surface area contributed by atoms with Gasteiger partial charge in [0.1, 0.15) is 35.1 Å². The van der Waals surface area contributed by atoms with Crippen LogP contribution in [0.3, 0.4) is 0 Å². The second kappa shape index (κ2) is 11.1. The summed E-state index contributed by atoms with van der Waals surface area (Å²) in [4.78, 5) is 39.2. The smallest absolute Gasteiger partial charge is 0.233 e. The van der Waals surface area contributed by atoms with Crippen molar-refractivity contribution < 1.29 is 18.7 Å². The van der Waals surface area contributed by atoms with E-state index in [1.807, 2.05) is 23.1 Å². The molecule has 3 heterocycles. The van der Waals surface area contributed by atoms with Crippen molar-refractivity contribution in [2.45, 2.75) is 25.3 Å². The van der Waals surface area contributed by atoms with Crippen LogP contribution < -0.4 is 10.1 Å². The van der Waals surface area contributed by atoms with Crippen molar-refractivity contribution in [3.05, 3.63) is 78.0 Å². The predicted molar refractivity (Wildman–Crippen MR) is 142 cm³/mol. The van der Waals surface area contributed by atoms with E-state index in [1.165, 1.54) is 24.7 Å². The lowest BCUT2D eigenvalue weighted by Crippen LogP contribution is -2.40. The second-order valence-electron chi connectivity index (χ2n) is 8.84. The topological polar surface area (TPSA) is 100 Å². The van der Waals surface area contributed by atoms with Crippen LogP contribution in [0.1, 0.15) is 35.2 Å². The number of likely N-dealkylation sites (tertiary alicyclic amines) is 1. The summed E-state index contributed by atoms with van der Waals surface area (Å²) in [6, 6.07) is 13.2. The zero-order chi connectivity index (χ0) is 25.8. The minimum Gasteiger partial charge on any atom is -0.457 e. The molecule has 2 N–H and O–H groups in total. The Morgan fingerprint density at radius 1 is 1.11 bits per heavy atom. The van der Waals surface area contributed by atoms with Crippen molar-refractivity contribution in [1.29, 1.82) is 0 Å². The summed E-state index contributed by atoms with van der Waals surface area (Å²) >= 11 is 3.25. The molecule has 4 aromatic rings. The summed E-state index contributed by atoms with van der Waals surface area (Å²) in [7, 11) is 0. The largest absolute Gasteiger partial charge is 0.457 e. The third kappa shape index (κ3) is 5.48. The number of amides is 1. The van der Waals surface area contributed by atoms with Gasteiger partial charge in [-0.05, 0) is 43.5 Å². The number of ether oxygens (including phenoxy) is 1. The van der Waals surface area contributed by atoms with E-state index >= 15 is 4.39 Å². The number of para-hydroxylation sites is 1. The molecular formula is C27H25BrFN5O3. The van der Waals surface area contributed by atoms with Gasteiger partial charge in [0.2, 0.25) is 5.91 Å². The van der Waals surface area contributed by atoms with Gasteiger partial charge in [-0.15, -0.1) is 0 Å². The Kier molecular flexibility index (Phi) is 7.45. The Bertz CT molecular complexity index is 1430. The first-order chi connectivity index (χ1) is 18.0. The number of nitrogens with one attached hydrogen (secondary N) is 2. The molecule has 2 aromatic heterocycles. The first-order valence-electron chi connectivity index (χ1n) is 12.0. The van der Waals surface area contributed by atoms with Gasteiger partial charge in [-0.1, -0.05) is 34.1 Å². The molecule has 10 heteroatoms. The number of aromatic nitrogens is 3. The van der Waals surface area contributed by atoms with Crippen LogP contribution in [0, 0.1) is 5.82 Å². The quantitative estimate of drug-likeness (QED) is 0.233. The number of hydrogen-bond donors (Lipinski definition) is 2. The van der Waals surface area contributed by atoms with Gasteiger partial charge in [0.05, 0.1) is 21.8 Å². The molecule has 0 radical (unpaired) electrons. The molecule has 37 heavy (non-hydrogen) atoms. The Morgan fingerprint density at radius 3 is 2.73 bits per heavy atom. The highest BCUT2D eigenvalue weighted by Crippen LogP contribution is 2.29. The number of nitrogens with zero attached hydrogens (tertiary/aromatic N) is 3. The molecule has 0 aliphatic carbocycles. The Balaban J connectivity index is 1.41. The van der Waals surface area contributed by atoms with Gasteiger partial charge in [0, 0.05) is 31.4 Å². The van der Waals surface area contributed by atoms with Crippen LogP contribution in [-0.4, -0.2) is 56.0 Å². The number of benzene rings is 2. The Labute approximate surface area is 221 Å². The van der Waals surface area contributed by atoms with Crippen molar-refractivity contribution in [3.63, 3.8) is 0 Å². The molecule has 0 saturated carbocycles. The number of H-pyrrole nitrogens is 1. The van der Waals surface area contributed by atoms with E-state index in [1.54, 1.807) is 18.2 Å². The van der Waals surface area contributed by atoms with Crippen LogP contribution in [0.25, 0.3) is 11.0 Å². The first-order valence-corrected chi connectivity index (χ1v) is 13.1. The summed E-state index contributed by atoms with van der Waals surface area (Å²) < 4.78 is 20.8. The first kappa shape index (κ1) is 24.9. The van der Waals surface area contributed by atoms with Crippen LogP contribution >= 0.6 is 15.9 Å². The van der Waals surface area contributed by atoms with Gasteiger partial charge >= 0.3 is 0 Å². The molecule has 1 saturated heterocycles. The Hall–Kier alpha value is -3.79. The van der Waals surface area contributed by atoms with Gasteiger partial charge in [0.15, 0.2) is 5.78 Å². The number of hydrogen-bond acceptors (Lipinski definition) is 6. The fraction of sp³-hybridized carbons (Fsp3) is 0.259. The summed E-state index contributed by atoms with van der Waals surface area (Å²) in [5.74, 6) is 0.184. The highest BCUT2D eigenvalue weighted by atomic mass is 79.9. The third-order valence-corrected chi connectivity index (χ3v) is 6.84. The maximum Gasteiger partial charge on any atom is 0.233 e. The van der Waals surface area contributed by atoms with Gasteiger partial charge in [-0.3, -0.25) is 9.59 Å². The lowest BCUT2D eigenvalue weighted by Gasteiger charge is -2.25. The molecule has 5 rings (SSSR count). The van der Waals surface area contributed by atoms with E-state index in [-0.39, 0.29) is 28.4 Å². The average molecular weight is 566 g/mol. The van der Waals surface area contributed by atoms with Crippen molar-refractivity contribution in [2.75, 3.05) is 23.7 Å². The highest BCUT2D eigenvalue weighted by molar-refractivity contribution is 9.09. The fourth-order valence-corrected chi connectivity index (χ4v) is 4.88. The summed E-state index contributed by atoms with van der Waals surface area (Å²) in [6.45, 7) is 1.24. The van der Waals surface area contributed by atoms with Crippen molar-refractivity contribution in [1.82, 2.24) is 19.9 Å².